The average molecular weight is 291 g/mol. The SMILES string of the molecule is CCc1nn(C)cc1C(N)C1CCOC2(CCCCC2)C1. The normalized spacial score (nSPS) is 26.9. The molecule has 2 unspecified atom stereocenters. The summed E-state index contributed by atoms with van der Waals surface area (Å²) in [4.78, 5) is 0. The predicted molar refractivity (Wildman–Crippen MR) is 84.0 cm³/mol. The second-order valence-electron chi connectivity index (χ2n) is 6.93. The van der Waals surface area contributed by atoms with Crippen LogP contribution in [0, 0.1) is 5.92 Å². The highest BCUT2D eigenvalue weighted by Gasteiger charge is 2.40. The summed E-state index contributed by atoms with van der Waals surface area (Å²) in [7, 11) is 1.99. The maximum Gasteiger partial charge on any atom is 0.0685 e. The molecule has 1 saturated heterocycles. The van der Waals surface area contributed by atoms with Gasteiger partial charge in [0.15, 0.2) is 0 Å². The number of hydrogen-bond acceptors (Lipinski definition) is 3. The molecule has 1 spiro atoms. The van der Waals surface area contributed by atoms with Gasteiger partial charge in [-0.15, -0.1) is 0 Å². The topological polar surface area (TPSA) is 53.1 Å². The first-order chi connectivity index (χ1) is 10.1. The van der Waals surface area contributed by atoms with Crippen LogP contribution in [0.4, 0.5) is 0 Å². The highest BCUT2D eigenvalue weighted by molar-refractivity contribution is 5.22. The van der Waals surface area contributed by atoms with Crippen LogP contribution in [0.3, 0.4) is 0 Å². The Morgan fingerprint density at radius 3 is 2.90 bits per heavy atom. The van der Waals surface area contributed by atoms with Crippen molar-refractivity contribution in [3.63, 3.8) is 0 Å². The van der Waals surface area contributed by atoms with E-state index in [0.717, 1.165) is 31.6 Å². The molecule has 4 heteroatoms. The first-order valence-electron chi connectivity index (χ1n) is 8.55. The standard InChI is InChI=1S/C17H29N3O/c1-3-15-14(12-20(2)19-15)16(18)13-7-10-21-17(11-13)8-5-4-6-9-17/h12-13,16H,3-11,18H2,1-2H3. The van der Waals surface area contributed by atoms with E-state index in [0.29, 0.717) is 5.92 Å². The molecule has 0 radical (unpaired) electrons. The van der Waals surface area contributed by atoms with Gasteiger partial charge in [-0.1, -0.05) is 26.2 Å². The van der Waals surface area contributed by atoms with Crippen LogP contribution in [-0.2, 0) is 18.2 Å². The molecule has 2 N–H and O–H groups in total. The molecule has 4 nitrogen and oxygen atoms in total. The molecule has 3 rings (SSSR count). The van der Waals surface area contributed by atoms with E-state index in [-0.39, 0.29) is 11.6 Å². The summed E-state index contributed by atoms with van der Waals surface area (Å²) in [6.07, 6.45) is 11.7. The van der Waals surface area contributed by atoms with Gasteiger partial charge < -0.3 is 10.5 Å². The summed E-state index contributed by atoms with van der Waals surface area (Å²) < 4.78 is 8.11. The molecule has 0 bridgehead atoms. The van der Waals surface area contributed by atoms with Crippen LogP contribution >= 0.6 is 0 Å². The van der Waals surface area contributed by atoms with E-state index in [2.05, 4.69) is 18.2 Å². The highest BCUT2D eigenvalue weighted by atomic mass is 16.5. The fraction of sp³-hybridized carbons (Fsp3) is 0.824. The molecule has 1 aliphatic carbocycles. The van der Waals surface area contributed by atoms with Gasteiger partial charge in [0.05, 0.1) is 11.3 Å². The lowest BCUT2D eigenvalue weighted by molar-refractivity contribution is -0.120. The van der Waals surface area contributed by atoms with Crippen LogP contribution in [0.5, 0.6) is 0 Å². The quantitative estimate of drug-likeness (QED) is 0.931. The number of aryl methyl sites for hydroxylation is 2. The Bertz CT molecular complexity index is 471. The summed E-state index contributed by atoms with van der Waals surface area (Å²) in [5, 5.41) is 4.55. The maximum atomic E-state index is 6.64. The molecular weight excluding hydrogens is 262 g/mol. The van der Waals surface area contributed by atoms with E-state index in [9.17, 15) is 0 Å². The summed E-state index contributed by atoms with van der Waals surface area (Å²) in [5.41, 5.74) is 9.18. The molecule has 0 amide bonds. The number of nitrogens with zero attached hydrogens (tertiary/aromatic N) is 2. The van der Waals surface area contributed by atoms with Crippen molar-refractivity contribution in [2.75, 3.05) is 6.61 Å². The first kappa shape index (κ1) is 15.0. The lowest BCUT2D eigenvalue weighted by atomic mass is 9.73. The minimum atomic E-state index is 0.108. The van der Waals surface area contributed by atoms with Crippen LogP contribution in [0.25, 0.3) is 0 Å². The number of ether oxygens (including phenoxy) is 1. The molecular formula is C17H29N3O. The summed E-state index contributed by atoms with van der Waals surface area (Å²) in [5.74, 6) is 0.534. The zero-order valence-corrected chi connectivity index (χ0v) is 13.5. The second kappa shape index (κ2) is 6.09. The van der Waals surface area contributed by atoms with Gasteiger partial charge >= 0.3 is 0 Å². The lowest BCUT2D eigenvalue weighted by Gasteiger charge is -2.45. The second-order valence-corrected chi connectivity index (χ2v) is 6.93. The summed E-state index contributed by atoms with van der Waals surface area (Å²) >= 11 is 0. The van der Waals surface area contributed by atoms with E-state index in [1.807, 2.05) is 11.7 Å². The zero-order chi connectivity index (χ0) is 14.9. The fourth-order valence-corrected chi connectivity index (χ4v) is 4.28. The van der Waals surface area contributed by atoms with Crippen LogP contribution in [0.2, 0.25) is 0 Å². The van der Waals surface area contributed by atoms with Crippen molar-refractivity contribution in [1.29, 1.82) is 0 Å². The van der Waals surface area contributed by atoms with Crippen molar-refractivity contribution in [2.45, 2.75) is 69.9 Å². The molecule has 2 aliphatic rings. The smallest absolute Gasteiger partial charge is 0.0685 e. The van der Waals surface area contributed by atoms with Gasteiger partial charge in [-0.05, 0) is 38.0 Å². The summed E-state index contributed by atoms with van der Waals surface area (Å²) in [6.45, 7) is 3.03. The highest BCUT2D eigenvalue weighted by Crippen LogP contribution is 2.43. The van der Waals surface area contributed by atoms with Gasteiger partial charge in [0.25, 0.3) is 0 Å². The molecule has 118 valence electrons. The molecule has 2 heterocycles. The lowest BCUT2D eigenvalue weighted by Crippen LogP contribution is -2.44. The third kappa shape index (κ3) is 3.02. The van der Waals surface area contributed by atoms with Crippen molar-refractivity contribution in [2.24, 2.45) is 18.7 Å². The number of hydrogen-bond donors (Lipinski definition) is 1. The summed E-state index contributed by atoms with van der Waals surface area (Å²) in [6, 6.07) is 0.108. The minimum Gasteiger partial charge on any atom is -0.375 e. The Hall–Kier alpha value is -0.870. The van der Waals surface area contributed by atoms with E-state index in [1.54, 1.807) is 0 Å². The van der Waals surface area contributed by atoms with Gasteiger partial charge in [-0.3, -0.25) is 4.68 Å². The Kier molecular flexibility index (Phi) is 4.36. The largest absolute Gasteiger partial charge is 0.375 e. The average Bonchev–Trinajstić information content (AvgIpc) is 2.88. The van der Waals surface area contributed by atoms with Crippen molar-refractivity contribution in [3.05, 3.63) is 17.5 Å². The molecule has 0 aromatic carbocycles. The molecule has 1 saturated carbocycles. The Labute approximate surface area is 128 Å². The van der Waals surface area contributed by atoms with Crippen LogP contribution in [0.1, 0.15) is 69.2 Å². The Balaban J connectivity index is 1.76. The molecule has 1 aliphatic heterocycles. The zero-order valence-electron chi connectivity index (χ0n) is 13.5. The third-order valence-corrected chi connectivity index (χ3v) is 5.44. The van der Waals surface area contributed by atoms with Crippen molar-refractivity contribution >= 4 is 0 Å². The Morgan fingerprint density at radius 2 is 2.19 bits per heavy atom. The first-order valence-corrected chi connectivity index (χ1v) is 8.55. The van der Waals surface area contributed by atoms with E-state index < -0.39 is 0 Å². The van der Waals surface area contributed by atoms with E-state index in [1.165, 1.54) is 37.7 Å². The monoisotopic (exact) mass is 291 g/mol. The van der Waals surface area contributed by atoms with Crippen molar-refractivity contribution < 1.29 is 4.74 Å². The van der Waals surface area contributed by atoms with Crippen molar-refractivity contribution in [1.82, 2.24) is 9.78 Å². The number of rotatable bonds is 3. The molecule has 1 aromatic rings. The molecule has 1 aromatic heterocycles. The van der Waals surface area contributed by atoms with Crippen molar-refractivity contribution in [3.8, 4) is 0 Å². The van der Waals surface area contributed by atoms with Gasteiger partial charge in [-0.25, -0.2) is 0 Å². The van der Waals surface area contributed by atoms with Crippen LogP contribution in [0.15, 0.2) is 6.20 Å². The van der Waals surface area contributed by atoms with E-state index >= 15 is 0 Å². The number of aromatic nitrogens is 2. The van der Waals surface area contributed by atoms with Gasteiger partial charge in [0, 0.05) is 31.5 Å². The number of nitrogens with two attached hydrogens (primary N) is 1. The maximum absolute atomic E-state index is 6.64. The Morgan fingerprint density at radius 1 is 1.43 bits per heavy atom. The van der Waals surface area contributed by atoms with Gasteiger partial charge in [-0.2, -0.15) is 5.10 Å². The van der Waals surface area contributed by atoms with Crippen LogP contribution < -0.4 is 5.73 Å². The predicted octanol–water partition coefficient (Wildman–Crippen LogP) is 3.11. The van der Waals surface area contributed by atoms with Gasteiger partial charge in [0.1, 0.15) is 0 Å². The fourth-order valence-electron chi connectivity index (χ4n) is 4.28. The third-order valence-electron chi connectivity index (χ3n) is 5.44. The molecule has 2 fully saturated rings. The minimum absolute atomic E-state index is 0.108. The van der Waals surface area contributed by atoms with Crippen LogP contribution in [-0.4, -0.2) is 22.0 Å². The van der Waals surface area contributed by atoms with Gasteiger partial charge in [0.2, 0.25) is 0 Å². The van der Waals surface area contributed by atoms with E-state index in [4.69, 9.17) is 10.5 Å². The molecule has 2 atom stereocenters. The molecule has 21 heavy (non-hydrogen) atoms.